The largest absolute Gasteiger partial charge is 0.495 e. The molecule has 0 amide bonds. The van der Waals surface area contributed by atoms with Gasteiger partial charge in [-0.15, -0.1) is 0 Å². The monoisotopic (exact) mass is 324 g/mol. The lowest BCUT2D eigenvalue weighted by Crippen LogP contribution is -2.29. The summed E-state index contributed by atoms with van der Waals surface area (Å²) in [6, 6.07) is 6.29. The van der Waals surface area contributed by atoms with E-state index in [1.54, 1.807) is 7.11 Å². The highest BCUT2D eigenvalue weighted by molar-refractivity contribution is 9.10. The van der Waals surface area contributed by atoms with Crippen molar-refractivity contribution in [3.05, 3.63) is 28.2 Å². The fraction of sp³-hybridized carbons (Fsp3) is 0.600. The maximum absolute atomic E-state index is 5.52. The van der Waals surface area contributed by atoms with Gasteiger partial charge in [-0.1, -0.05) is 12.1 Å². The molecule has 0 radical (unpaired) electrons. The average molecular weight is 325 g/mol. The maximum Gasteiger partial charge on any atom is 0.137 e. The summed E-state index contributed by atoms with van der Waals surface area (Å²) in [5.74, 6) is 0.980. The second-order valence-corrected chi connectivity index (χ2v) is 6.67. The van der Waals surface area contributed by atoms with Crippen molar-refractivity contribution in [1.82, 2.24) is 10.2 Å². The van der Waals surface area contributed by atoms with Crippen LogP contribution in [0.25, 0.3) is 0 Å². The van der Waals surface area contributed by atoms with Crippen molar-refractivity contribution in [1.29, 1.82) is 0 Å². The number of halogens is 1. The predicted molar refractivity (Wildman–Crippen MR) is 80.5 cm³/mol. The van der Waals surface area contributed by atoms with Crippen molar-refractivity contribution in [3.63, 3.8) is 0 Å². The van der Waals surface area contributed by atoms with Gasteiger partial charge in [0.05, 0.1) is 11.6 Å². The number of rotatable bonds is 3. The second-order valence-electron chi connectivity index (χ2n) is 5.82. The Bertz CT molecular complexity index is 457. The van der Waals surface area contributed by atoms with E-state index in [1.165, 1.54) is 44.6 Å². The van der Waals surface area contributed by atoms with Crippen LogP contribution in [0.3, 0.4) is 0 Å². The number of hydrogen-bond acceptors (Lipinski definition) is 3. The molecule has 1 atom stereocenters. The lowest BCUT2D eigenvalue weighted by atomic mass is 9.86. The zero-order valence-electron chi connectivity index (χ0n) is 11.4. The van der Waals surface area contributed by atoms with Crippen molar-refractivity contribution in [2.75, 3.05) is 33.3 Å². The number of ether oxygens (including phenoxy) is 1. The van der Waals surface area contributed by atoms with Crippen molar-refractivity contribution >= 4 is 15.9 Å². The van der Waals surface area contributed by atoms with Crippen LogP contribution in [0.1, 0.15) is 18.4 Å². The van der Waals surface area contributed by atoms with E-state index in [0.717, 1.165) is 16.8 Å². The van der Waals surface area contributed by atoms with Crippen molar-refractivity contribution in [3.8, 4) is 5.75 Å². The molecule has 3 rings (SSSR count). The van der Waals surface area contributed by atoms with Crippen LogP contribution in [0.2, 0.25) is 0 Å². The fourth-order valence-electron chi connectivity index (χ4n) is 3.45. The smallest absolute Gasteiger partial charge is 0.137 e. The molecule has 1 spiro atoms. The lowest BCUT2D eigenvalue weighted by molar-refractivity contribution is 0.265. The summed E-state index contributed by atoms with van der Waals surface area (Å²) in [6.45, 7) is 5.80. The number of likely N-dealkylation sites (tertiary alicyclic amines) is 1. The van der Waals surface area contributed by atoms with Crippen LogP contribution < -0.4 is 10.1 Å². The van der Waals surface area contributed by atoms with Crippen LogP contribution in [-0.4, -0.2) is 38.2 Å². The molecular formula is C15H21BrN2O. The third-order valence-electron chi connectivity index (χ3n) is 4.50. The van der Waals surface area contributed by atoms with E-state index in [2.05, 4.69) is 38.3 Å². The summed E-state index contributed by atoms with van der Waals surface area (Å²) in [7, 11) is 1.75. The van der Waals surface area contributed by atoms with Crippen LogP contribution in [-0.2, 0) is 6.54 Å². The number of para-hydroxylation sites is 1. The van der Waals surface area contributed by atoms with Gasteiger partial charge in [-0.05, 0) is 53.3 Å². The van der Waals surface area contributed by atoms with Crippen molar-refractivity contribution in [2.24, 2.45) is 5.41 Å². The normalized spacial score (nSPS) is 27.3. The Balaban J connectivity index is 1.71. The Morgan fingerprint density at radius 2 is 2.32 bits per heavy atom. The molecule has 1 unspecified atom stereocenters. The Morgan fingerprint density at radius 3 is 3.05 bits per heavy atom. The second kappa shape index (κ2) is 5.43. The number of benzene rings is 1. The van der Waals surface area contributed by atoms with Gasteiger partial charge in [-0.25, -0.2) is 0 Å². The number of nitrogens with zero attached hydrogens (tertiary/aromatic N) is 1. The van der Waals surface area contributed by atoms with E-state index in [4.69, 9.17) is 4.74 Å². The molecule has 2 saturated heterocycles. The summed E-state index contributed by atoms with van der Waals surface area (Å²) in [4.78, 5) is 2.57. The quantitative estimate of drug-likeness (QED) is 0.925. The lowest BCUT2D eigenvalue weighted by Gasteiger charge is -2.23. The van der Waals surface area contributed by atoms with Crippen LogP contribution >= 0.6 is 15.9 Å². The van der Waals surface area contributed by atoms with E-state index >= 15 is 0 Å². The molecule has 2 heterocycles. The van der Waals surface area contributed by atoms with Gasteiger partial charge in [-0.2, -0.15) is 0 Å². The molecule has 0 saturated carbocycles. The first-order chi connectivity index (χ1) is 9.22. The zero-order chi connectivity index (χ0) is 13.3. The minimum atomic E-state index is 0.541. The summed E-state index contributed by atoms with van der Waals surface area (Å²) in [5.41, 5.74) is 1.82. The SMILES string of the molecule is COc1c(Br)cccc1CN1CCC2(CCNC2)C1. The minimum Gasteiger partial charge on any atom is -0.495 e. The van der Waals surface area contributed by atoms with E-state index in [9.17, 15) is 0 Å². The van der Waals surface area contributed by atoms with Crippen LogP contribution in [0.15, 0.2) is 22.7 Å². The van der Waals surface area contributed by atoms with Gasteiger partial charge in [0, 0.05) is 25.2 Å². The molecule has 2 aliphatic heterocycles. The van der Waals surface area contributed by atoms with Gasteiger partial charge in [0.1, 0.15) is 5.75 Å². The molecule has 0 aromatic heterocycles. The van der Waals surface area contributed by atoms with Crippen LogP contribution in [0, 0.1) is 5.41 Å². The summed E-state index contributed by atoms with van der Waals surface area (Å²) >= 11 is 3.56. The average Bonchev–Trinajstić information content (AvgIpc) is 3.01. The minimum absolute atomic E-state index is 0.541. The van der Waals surface area contributed by atoms with Gasteiger partial charge in [0.25, 0.3) is 0 Å². The van der Waals surface area contributed by atoms with Crippen molar-refractivity contribution < 1.29 is 4.74 Å². The molecule has 1 aromatic rings. The van der Waals surface area contributed by atoms with Gasteiger partial charge in [-0.3, -0.25) is 4.90 Å². The Morgan fingerprint density at radius 1 is 1.42 bits per heavy atom. The summed E-state index contributed by atoms with van der Waals surface area (Å²) in [5, 5.41) is 3.51. The van der Waals surface area contributed by atoms with Gasteiger partial charge in [0.15, 0.2) is 0 Å². The highest BCUT2D eigenvalue weighted by atomic mass is 79.9. The van der Waals surface area contributed by atoms with Crippen molar-refractivity contribution in [2.45, 2.75) is 19.4 Å². The molecule has 0 aliphatic carbocycles. The molecule has 4 heteroatoms. The first kappa shape index (κ1) is 13.4. The first-order valence-corrected chi connectivity index (χ1v) is 7.76. The van der Waals surface area contributed by atoms with E-state index in [1.807, 2.05) is 6.07 Å². The maximum atomic E-state index is 5.52. The molecule has 1 N–H and O–H groups in total. The Labute approximate surface area is 123 Å². The standard InChI is InChI=1S/C15H21BrN2O/c1-19-14-12(3-2-4-13(14)16)9-18-8-6-15(11-18)5-7-17-10-15/h2-4,17H,5-11H2,1H3. The van der Waals surface area contributed by atoms with Crippen LogP contribution in [0.4, 0.5) is 0 Å². The van der Waals surface area contributed by atoms with Gasteiger partial charge < -0.3 is 10.1 Å². The molecule has 0 bridgehead atoms. The van der Waals surface area contributed by atoms with E-state index < -0.39 is 0 Å². The number of methoxy groups -OCH3 is 1. The van der Waals surface area contributed by atoms with Crippen LogP contribution in [0.5, 0.6) is 5.75 Å². The summed E-state index contributed by atoms with van der Waals surface area (Å²) < 4.78 is 6.56. The highest BCUT2D eigenvalue weighted by Crippen LogP contribution is 2.38. The molecule has 1 aromatic carbocycles. The van der Waals surface area contributed by atoms with Gasteiger partial charge >= 0.3 is 0 Å². The molecule has 104 valence electrons. The Kier molecular flexibility index (Phi) is 3.83. The topological polar surface area (TPSA) is 24.5 Å². The van der Waals surface area contributed by atoms with Gasteiger partial charge in [0.2, 0.25) is 0 Å². The van der Waals surface area contributed by atoms with E-state index in [0.29, 0.717) is 5.41 Å². The number of nitrogens with one attached hydrogen (secondary N) is 1. The third-order valence-corrected chi connectivity index (χ3v) is 5.12. The van der Waals surface area contributed by atoms with E-state index in [-0.39, 0.29) is 0 Å². The summed E-state index contributed by atoms with van der Waals surface area (Å²) in [6.07, 6.45) is 2.66. The Hall–Kier alpha value is -0.580. The predicted octanol–water partition coefficient (Wildman–Crippen LogP) is 2.64. The first-order valence-electron chi connectivity index (χ1n) is 6.97. The molecule has 19 heavy (non-hydrogen) atoms. The zero-order valence-corrected chi connectivity index (χ0v) is 13.0. The molecule has 2 fully saturated rings. The highest BCUT2D eigenvalue weighted by Gasteiger charge is 2.40. The molecule has 2 aliphatic rings. The fourth-order valence-corrected chi connectivity index (χ4v) is 4.02. The molecule has 3 nitrogen and oxygen atoms in total. The molecular weight excluding hydrogens is 304 g/mol. The third kappa shape index (κ3) is 2.67. The number of hydrogen-bond donors (Lipinski definition) is 1.